The number of nitrogens with zero attached hydrogens (tertiary/aromatic N) is 2. The Kier molecular flexibility index (Phi) is 6.15. The SMILES string of the molecule is CCCc1nc(NN)c(C)c(NCCS(=O)(=O)CC)n1. The van der Waals surface area contributed by atoms with Crippen molar-refractivity contribution in [2.24, 2.45) is 5.84 Å². The number of nitrogens with one attached hydrogen (secondary N) is 2. The van der Waals surface area contributed by atoms with Gasteiger partial charge in [0.2, 0.25) is 0 Å². The van der Waals surface area contributed by atoms with E-state index >= 15 is 0 Å². The lowest BCUT2D eigenvalue weighted by Gasteiger charge is -2.13. The largest absolute Gasteiger partial charge is 0.369 e. The lowest BCUT2D eigenvalue weighted by Crippen LogP contribution is -2.20. The average Bonchev–Trinajstić information content (AvgIpc) is 2.42. The highest BCUT2D eigenvalue weighted by Gasteiger charge is 2.11. The summed E-state index contributed by atoms with van der Waals surface area (Å²) in [7, 11) is -2.98. The molecular weight excluding hydrogens is 278 g/mol. The third-order valence-electron chi connectivity index (χ3n) is 2.95. The van der Waals surface area contributed by atoms with Crippen molar-refractivity contribution in [2.45, 2.75) is 33.6 Å². The smallest absolute Gasteiger partial charge is 0.151 e. The summed E-state index contributed by atoms with van der Waals surface area (Å²) in [6, 6.07) is 0. The Bertz CT molecular complexity index is 545. The number of aryl methyl sites for hydroxylation is 1. The molecule has 0 radical (unpaired) electrons. The van der Waals surface area contributed by atoms with E-state index in [4.69, 9.17) is 5.84 Å². The highest BCUT2D eigenvalue weighted by atomic mass is 32.2. The predicted molar refractivity (Wildman–Crippen MR) is 81.4 cm³/mol. The van der Waals surface area contributed by atoms with Crippen LogP contribution < -0.4 is 16.6 Å². The quantitative estimate of drug-likeness (QED) is 0.482. The highest BCUT2D eigenvalue weighted by Crippen LogP contribution is 2.19. The molecule has 0 aromatic carbocycles. The molecule has 0 fully saturated rings. The van der Waals surface area contributed by atoms with Crippen LogP contribution in [0.4, 0.5) is 11.6 Å². The predicted octanol–water partition coefficient (Wildman–Crippen LogP) is 0.870. The van der Waals surface area contributed by atoms with Crippen molar-refractivity contribution in [2.75, 3.05) is 28.8 Å². The van der Waals surface area contributed by atoms with E-state index in [2.05, 4.69) is 20.7 Å². The molecule has 0 saturated heterocycles. The molecule has 0 unspecified atom stereocenters. The van der Waals surface area contributed by atoms with Crippen LogP contribution in [-0.4, -0.2) is 36.4 Å². The summed E-state index contributed by atoms with van der Waals surface area (Å²) in [6.07, 6.45) is 1.67. The number of nitrogen functional groups attached to an aromatic ring is 1. The van der Waals surface area contributed by atoms with Gasteiger partial charge in [-0.1, -0.05) is 13.8 Å². The first-order valence-corrected chi connectivity index (χ1v) is 8.54. The van der Waals surface area contributed by atoms with Crippen LogP contribution in [0.1, 0.15) is 31.7 Å². The fourth-order valence-electron chi connectivity index (χ4n) is 1.68. The first-order valence-electron chi connectivity index (χ1n) is 6.72. The summed E-state index contributed by atoms with van der Waals surface area (Å²) >= 11 is 0. The lowest BCUT2D eigenvalue weighted by atomic mass is 10.2. The maximum Gasteiger partial charge on any atom is 0.151 e. The van der Waals surface area contributed by atoms with Crippen molar-refractivity contribution in [3.8, 4) is 0 Å². The van der Waals surface area contributed by atoms with Crippen molar-refractivity contribution >= 4 is 21.5 Å². The molecule has 114 valence electrons. The molecule has 8 heteroatoms. The van der Waals surface area contributed by atoms with E-state index in [1.54, 1.807) is 6.92 Å². The van der Waals surface area contributed by atoms with E-state index in [1.165, 1.54) is 0 Å². The Balaban J connectivity index is 2.85. The van der Waals surface area contributed by atoms with Crippen molar-refractivity contribution in [1.82, 2.24) is 9.97 Å². The van der Waals surface area contributed by atoms with Crippen LogP contribution in [0.5, 0.6) is 0 Å². The van der Waals surface area contributed by atoms with Gasteiger partial charge in [0.25, 0.3) is 0 Å². The fraction of sp³-hybridized carbons (Fsp3) is 0.667. The van der Waals surface area contributed by atoms with Crippen LogP contribution in [0.15, 0.2) is 0 Å². The van der Waals surface area contributed by atoms with E-state index in [-0.39, 0.29) is 11.5 Å². The summed E-state index contributed by atoms with van der Waals surface area (Å²) in [5, 5.41) is 3.05. The van der Waals surface area contributed by atoms with Gasteiger partial charge in [-0.2, -0.15) is 0 Å². The molecule has 20 heavy (non-hydrogen) atoms. The minimum absolute atomic E-state index is 0.0848. The number of sulfone groups is 1. The lowest BCUT2D eigenvalue weighted by molar-refractivity contribution is 0.597. The topological polar surface area (TPSA) is 110 Å². The zero-order valence-corrected chi connectivity index (χ0v) is 13.0. The van der Waals surface area contributed by atoms with Crippen LogP contribution >= 0.6 is 0 Å². The van der Waals surface area contributed by atoms with Gasteiger partial charge in [-0.25, -0.2) is 24.2 Å². The number of hydrazine groups is 1. The van der Waals surface area contributed by atoms with Gasteiger partial charge in [0, 0.05) is 24.3 Å². The number of aromatic nitrogens is 2. The molecule has 1 aromatic rings. The molecular formula is C12H23N5O2S. The number of nitrogens with two attached hydrogens (primary N) is 1. The third kappa shape index (κ3) is 4.61. The molecule has 1 aromatic heterocycles. The number of hydrogen-bond donors (Lipinski definition) is 3. The number of hydrogen-bond acceptors (Lipinski definition) is 7. The van der Waals surface area contributed by atoms with E-state index < -0.39 is 9.84 Å². The molecule has 0 aliphatic rings. The molecule has 0 aliphatic carbocycles. The maximum atomic E-state index is 11.5. The second-order valence-electron chi connectivity index (χ2n) is 4.52. The first-order chi connectivity index (χ1) is 9.43. The van der Waals surface area contributed by atoms with Crippen LogP contribution in [-0.2, 0) is 16.3 Å². The van der Waals surface area contributed by atoms with Gasteiger partial charge in [0.1, 0.15) is 17.5 Å². The van der Waals surface area contributed by atoms with Gasteiger partial charge in [0.15, 0.2) is 9.84 Å². The zero-order valence-electron chi connectivity index (χ0n) is 12.2. The Labute approximate surface area is 120 Å². The fourth-order valence-corrected chi connectivity index (χ4v) is 2.38. The summed E-state index contributed by atoms with van der Waals surface area (Å²) in [6.45, 7) is 5.84. The van der Waals surface area contributed by atoms with Gasteiger partial charge in [-0.3, -0.25) is 0 Å². The zero-order chi connectivity index (χ0) is 15.2. The average molecular weight is 301 g/mol. The van der Waals surface area contributed by atoms with Crippen LogP contribution in [0.2, 0.25) is 0 Å². The molecule has 1 heterocycles. The van der Waals surface area contributed by atoms with E-state index in [0.29, 0.717) is 24.0 Å². The summed E-state index contributed by atoms with van der Waals surface area (Å²) in [5.41, 5.74) is 3.32. The normalized spacial score (nSPS) is 11.4. The van der Waals surface area contributed by atoms with E-state index in [0.717, 1.165) is 18.4 Å². The van der Waals surface area contributed by atoms with Gasteiger partial charge < -0.3 is 10.7 Å². The minimum Gasteiger partial charge on any atom is -0.369 e. The second kappa shape index (κ2) is 7.39. The monoisotopic (exact) mass is 301 g/mol. The highest BCUT2D eigenvalue weighted by molar-refractivity contribution is 7.91. The van der Waals surface area contributed by atoms with Gasteiger partial charge in [0.05, 0.1) is 5.75 Å². The molecule has 0 spiro atoms. The first kappa shape index (κ1) is 16.6. The Hall–Kier alpha value is -1.41. The molecule has 0 atom stereocenters. The van der Waals surface area contributed by atoms with Crippen molar-refractivity contribution in [3.63, 3.8) is 0 Å². The van der Waals surface area contributed by atoms with E-state index in [1.807, 2.05) is 13.8 Å². The number of rotatable bonds is 8. The van der Waals surface area contributed by atoms with Crippen LogP contribution in [0.3, 0.4) is 0 Å². The minimum atomic E-state index is -2.98. The molecule has 1 rings (SSSR count). The van der Waals surface area contributed by atoms with Crippen molar-refractivity contribution in [1.29, 1.82) is 0 Å². The van der Waals surface area contributed by atoms with E-state index in [9.17, 15) is 8.42 Å². The van der Waals surface area contributed by atoms with Gasteiger partial charge >= 0.3 is 0 Å². The van der Waals surface area contributed by atoms with Gasteiger partial charge in [-0.15, -0.1) is 0 Å². The molecule has 0 bridgehead atoms. The molecule has 7 nitrogen and oxygen atoms in total. The molecule has 0 saturated carbocycles. The van der Waals surface area contributed by atoms with Crippen molar-refractivity contribution in [3.05, 3.63) is 11.4 Å². The van der Waals surface area contributed by atoms with Gasteiger partial charge in [-0.05, 0) is 13.3 Å². The summed E-state index contributed by atoms with van der Waals surface area (Å²) in [4.78, 5) is 8.71. The Morgan fingerprint density at radius 1 is 1.20 bits per heavy atom. The summed E-state index contributed by atoms with van der Waals surface area (Å²) < 4.78 is 22.9. The van der Waals surface area contributed by atoms with Crippen LogP contribution in [0, 0.1) is 6.92 Å². The third-order valence-corrected chi connectivity index (χ3v) is 4.65. The maximum absolute atomic E-state index is 11.5. The summed E-state index contributed by atoms with van der Waals surface area (Å²) in [5.74, 6) is 7.55. The molecule has 4 N–H and O–H groups in total. The molecule has 0 amide bonds. The van der Waals surface area contributed by atoms with Crippen molar-refractivity contribution < 1.29 is 8.42 Å². The van der Waals surface area contributed by atoms with Crippen LogP contribution in [0.25, 0.3) is 0 Å². The number of anilines is 2. The Morgan fingerprint density at radius 3 is 2.40 bits per heavy atom. The molecule has 0 aliphatic heterocycles. The Morgan fingerprint density at radius 2 is 1.85 bits per heavy atom. The second-order valence-corrected chi connectivity index (χ2v) is 6.99. The standard InChI is InChI=1S/C12H23N5O2S/c1-4-6-10-15-11(9(3)12(16-10)17-13)14-7-8-20(18,19)5-2/h4-8,13H2,1-3H3,(H2,14,15,16,17).